The maximum absolute atomic E-state index is 11.3. The highest BCUT2D eigenvalue weighted by atomic mass is 32.1. The topological polar surface area (TPSA) is 112 Å². The molecule has 7 nitrogen and oxygen atoms in total. The molecule has 1 heterocycles. The standard InChI is InChI=1S/C11H12N6OS/c12-9(18)8-10(14-11(13)19)17(16-15-8)6-7-4-2-1-3-5-7/h1-5H,6H2,(H2,12,18)(H3,13,14,19). The van der Waals surface area contributed by atoms with Crippen molar-refractivity contribution in [2.75, 3.05) is 5.32 Å². The van der Waals surface area contributed by atoms with Gasteiger partial charge in [-0.05, 0) is 17.8 Å². The van der Waals surface area contributed by atoms with Crippen LogP contribution in [0.15, 0.2) is 30.3 Å². The Kier molecular flexibility index (Phi) is 3.71. The molecule has 1 aromatic carbocycles. The number of nitrogens with zero attached hydrogens (tertiary/aromatic N) is 3. The van der Waals surface area contributed by atoms with Gasteiger partial charge in [-0.2, -0.15) is 0 Å². The fraction of sp³-hybridized carbons (Fsp3) is 0.0909. The van der Waals surface area contributed by atoms with Gasteiger partial charge in [0.25, 0.3) is 5.91 Å². The molecule has 1 amide bonds. The molecule has 0 saturated heterocycles. The lowest BCUT2D eigenvalue weighted by Gasteiger charge is -2.08. The number of benzene rings is 1. The monoisotopic (exact) mass is 276 g/mol. The summed E-state index contributed by atoms with van der Waals surface area (Å²) < 4.78 is 1.48. The number of hydrogen-bond donors (Lipinski definition) is 3. The van der Waals surface area contributed by atoms with Crippen LogP contribution in [0, 0.1) is 0 Å². The highest BCUT2D eigenvalue weighted by Crippen LogP contribution is 2.14. The third-order valence-electron chi connectivity index (χ3n) is 2.39. The number of nitrogens with one attached hydrogen (secondary N) is 1. The molecule has 2 aromatic rings. The first-order valence-corrected chi connectivity index (χ1v) is 5.82. The molecule has 0 spiro atoms. The van der Waals surface area contributed by atoms with Crippen molar-refractivity contribution in [2.45, 2.75) is 6.54 Å². The van der Waals surface area contributed by atoms with Crippen molar-refractivity contribution in [3.63, 3.8) is 0 Å². The Morgan fingerprint density at radius 1 is 1.32 bits per heavy atom. The van der Waals surface area contributed by atoms with E-state index in [9.17, 15) is 4.79 Å². The Labute approximate surface area is 114 Å². The van der Waals surface area contributed by atoms with E-state index >= 15 is 0 Å². The minimum absolute atomic E-state index is 0.00345. The van der Waals surface area contributed by atoms with E-state index in [4.69, 9.17) is 23.7 Å². The normalized spacial score (nSPS) is 10.1. The molecular formula is C11H12N6OS. The summed E-state index contributed by atoms with van der Waals surface area (Å²) in [6, 6.07) is 9.57. The summed E-state index contributed by atoms with van der Waals surface area (Å²) >= 11 is 4.76. The Hall–Kier alpha value is -2.48. The molecule has 0 aliphatic heterocycles. The summed E-state index contributed by atoms with van der Waals surface area (Å²) in [7, 11) is 0. The number of hydrogen-bond acceptors (Lipinski definition) is 4. The highest BCUT2D eigenvalue weighted by molar-refractivity contribution is 7.80. The maximum Gasteiger partial charge on any atom is 0.273 e. The van der Waals surface area contributed by atoms with Crippen molar-refractivity contribution in [2.24, 2.45) is 11.5 Å². The van der Waals surface area contributed by atoms with Gasteiger partial charge in [0.1, 0.15) is 0 Å². The SMILES string of the molecule is NC(=O)c1nnn(Cc2ccccc2)c1NC(N)=S. The molecule has 0 saturated carbocycles. The van der Waals surface area contributed by atoms with E-state index in [1.165, 1.54) is 4.68 Å². The van der Waals surface area contributed by atoms with E-state index in [2.05, 4.69) is 15.6 Å². The number of primary amides is 1. The number of carbonyl (C=O) groups excluding carboxylic acids is 1. The first-order valence-electron chi connectivity index (χ1n) is 5.41. The fourth-order valence-electron chi connectivity index (χ4n) is 1.59. The largest absolute Gasteiger partial charge is 0.376 e. The zero-order chi connectivity index (χ0) is 13.8. The molecule has 0 atom stereocenters. The van der Waals surface area contributed by atoms with Crippen molar-refractivity contribution in [3.8, 4) is 0 Å². The lowest BCUT2D eigenvalue weighted by molar-refractivity contribution is 0.0996. The van der Waals surface area contributed by atoms with E-state index < -0.39 is 5.91 Å². The maximum atomic E-state index is 11.3. The van der Waals surface area contributed by atoms with E-state index in [-0.39, 0.29) is 10.8 Å². The van der Waals surface area contributed by atoms with Crippen LogP contribution in [0.2, 0.25) is 0 Å². The van der Waals surface area contributed by atoms with Crippen molar-refractivity contribution in [3.05, 3.63) is 41.6 Å². The highest BCUT2D eigenvalue weighted by Gasteiger charge is 2.17. The molecule has 98 valence electrons. The molecule has 19 heavy (non-hydrogen) atoms. The molecule has 0 radical (unpaired) electrons. The van der Waals surface area contributed by atoms with Crippen LogP contribution in [0.4, 0.5) is 5.82 Å². The minimum Gasteiger partial charge on any atom is -0.376 e. The van der Waals surface area contributed by atoms with Gasteiger partial charge in [0.05, 0.1) is 6.54 Å². The molecule has 0 aliphatic rings. The summed E-state index contributed by atoms with van der Waals surface area (Å²) in [5.74, 6) is -0.401. The lowest BCUT2D eigenvalue weighted by atomic mass is 10.2. The summed E-state index contributed by atoms with van der Waals surface area (Å²) in [5, 5.41) is 10.3. The second-order valence-corrected chi connectivity index (χ2v) is 4.22. The van der Waals surface area contributed by atoms with Gasteiger partial charge in [-0.25, -0.2) is 4.68 Å². The first kappa shape index (κ1) is 13.0. The van der Waals surface area contributed by atoms with Crippen LogP contribution in [0.5, 0.6) is 0 Å². The van der Waals surface area contributed by atoms with Gasteiger partial charge in [0, 0.05) is 0 Å². The summed E-state index contributed by atoms with van der Waals surface area (Å²) in [5.41, 5.74) is 11.6. The quantitative estimate of drug-likeness (QED) is 0.682. The molecule has 0 fully saturated rings. The van der Waals surface area contributed by atoms with Gasteiger partial charge in [-0.15, -0.1) is 5.10 Å². The van der Waals surface area contributed by atoms with Crippen LogP contribution in [0.1, 0.15) is 16.1 Å². The van der Waals surface area contributed by atoms with E-state index in [0.29, 0.717) is 12.4 Å². The number of aromatic nitrogens is 3. The van der Waals surface area contributed by atoms with Crippen molar-refractivity contribution in [1.82, 2.24) is 15.0 Å². The molecule has 5 N–H and O–H groups in total. The molecule has 0 aliphatic carbocycles. The van der Waals surface area contributed by atoms with Gasteiger partial charge in [-0.1, -0.05) is 35.5 Å². The number of amides is 1. The van der Waals surface area contributed by atoms with E-state index in [1.807, 2.05) is 30.3 Å². The molecule has 2 rings (SSSR count). The number of rotatable bonds is 4. The number of carbonyl (C=O) groups is 1. The van der Waals surface area contributed by atoms with Gasteiger partial charge < -0.3 is 16.8 Å². The van der Waals surface area contributed by atoms with Crippen LogP contribution >= 0.6 is 12.2 Å². The van der Waals surface area contributed by atoms with Gasteiger partial charge in [0.2, 0.25) is 0 Å². The average molecular weight is 276 g/mol. The summed E-state index contributed by atoms with van der Waals surface area (Å²) in [4.78, 5) is 11.3. The van der Waals surface area contributed by atoms with Gasteiger partial charge in [0.15, 0.2) is 16.6 Å². The molecular weight excluding hydrogens is 264 g/mol. The molecule has 8 heteroatoms. The summed E-state index contributed by atoms with van der Waals surface area (Å²) in [6.45, 7) is 0.423. The Morgan fingerprint density at radius 3 is 2.58 bits per heavy atom. The average Bonchev–Trinajstić information content (AvgIpc) is 2.73. The van der Waals surface area contributed by atoms with Crippen molar-refractivity contribution < 1.29 is 4.79 Å². The van der Waals surface area contributed by atoms with Gasteiger partial charge in [-0.3, -0.25) is 4.79 Å². The van der Waals surface area contributed by atoms with Crippen LogP contribution in [0.3, 0.4) is 0 Å². The number of nitrogens with two attached hydrogens (primary N) is 2. The third kappa shape index (κ3) is 3.05. The zero-order valence-corrected chi connectivity index (χ0v) is 10.7. The smallest absolute Gasteiger partial charge is 0.273 e. The second-order valence-electron chi connectivity index (χ2n) is 3.78. The predicted octanol–water partition coefficient (Wildman–Crippen LogP) is 0.0808. The zero-order valence-electron chi connectivity index (χ0n) is 9.91. The second kappa shape index (κ2) is 5.44. The van der Waals surface area contributed by atoms with Crippen LogP contribution in [-0.2, 0) is 6.54 Å². The Balaban J connectivity index is 2.34. The van der Waals surface area contributed by atoms with Crippen LogP contribution in [-0.4, -0.2) is 26.0 Å². The van der Waals surface area contributed by atoms with Crippen molar-refractivity contribution >= 4 is 29.1 Å². The van der Waals surface area contributed by atoms with E-state index in [1.54, 1.807) is 0 Å². The molecule has 0 unspecified atom stereocenters. The van der Waals surface area contributed by atoms with Crippen LogP contribution in [0.25, 0.3) is 0 Å². The molecule has 1 aromatic heterocycles. The van der Waals surface area contributed by atoms with Gasteiger partial charge >= 0.3 is 0 Å². The fourth-order valence-corrected chi connectivity index (χ4v) is 1.68. The minimum atomic E-state index is -0.696. The Bertz CT molecular complexity index is 609. The molecule has 0 bridgehead atoms. The lowest BCUT2D eigenvalue weighted by Crippen LogP contribution is -2.24. The third-order valence-corrected chi connectivity index (χ3v) is 2.49. The first-order chi connectivity index (χ1) is 9.08. The predicted molar refractivity (Wildman–Crippen MR) is 74.5 cm³/mol. The number of anilines is 1. The Morgan fingerprint density at radius 2 is 2.00 bits per heavy atom. The van der Waals surface area contributed by atoms with Crippen LogP contribution < -0.4 is 16.8 Å². The van der Waals surface area contributed by atoms with E-state index in [0.717, 1.165) is 5.56 Å². The summed E-state index contributed by atoms with van der Waals surface area (Å²) in [6.07, 6.45) is 0. The van der Waals surface area contributed by atoms with Crippen molar-refractivity contribution in [1.29, 1.82) is 0 Å². The number of thiocarbonyl (C=S) groups is 1.